The van der Waals surface area contributed by atoms with E-state index in [1.807, 2.05) is 13.2 Å². The van der Waals surface area contributed by atoms with Crippen molar-refractivity contribution in [2.75, 3.05) is 25.2 Å². The zero-order chi connectivity index (χ0) is 11.8. The fourth-order valence-electron chi connectivity index (χ4n) is 1.32. The second kappa shape index (κ2) is 7.52. The van der Waals surface area contributed by atoms with Crippen LogP contribution in [0.2, 0.25) is 0 Å². The molecule has 0 saturated heterocycles. The van der Waals surface area contributed by atoms with Crippen molar-refractivity contribution in [2.24, 2.45) is 0 Å². The lowest BCUT2D eigenvalue weighted by Crippen LogP contribution is -2.13. The van der Waals surface area contributed by atoms with Gasteiger partial charge in [-0.1, -0.05) is 6.92 Å². The molecule has 4 heteroatoms. The van der Waals surface area contributed by atoms with Gasteiger partial charge in [0.1, 0.15) is 11.6 Å². The summed E-state index contributed by atoms with van der Waals surface area (Å²) >= 11 is 1.73. The van der Waals surface area contributed by atoms with E-state index in [0.29, 0.717) is 13.2 Å². The topological polar surface area (TPSA) is 21.3 Å². The maximum Gasteiger partial charge on any atom is 0.124 e. The third kappa shape index (κ3) is 4.41. The molecular formula is C12H18FNOS. The third-order valence-electron chi connectivity index (χ3n) is 2.13. The second-order valence-electron chi connectivity index (χ2n) is 3.37. The van der Waals surface area contributed by atoms with Gasteiger partial charge in [-0.3, -0.25) is 0 Å². The first kappa shape index (κ1) is 13.3. The molecule has 0 heterocycles. The number of rotatable bonds is 7. The van der Waals surface area contributed by atoms with Gasteiger partial charge in [0.15, 0.2) is 0 Å². The van der Waals surface area contributed by atoms with E-state index in [-0.39, 0.29) is 5.82 Å². The highest BCUT2D eigenvalue weighted by Gasteiger charge is 2.04. The summed E-state index contributed by atoms with van der Waals surface area (Å²) in [6, 6.07) is 4.66. The van der Waals surface area contributed by atoms with Gasteiger partial charge in [-0.25, -0.2) is 4.39 Å². The number of benzene rings is 1. The minimum Gasteiger partial charge on any atom is -0.492 e. The molecule has 0 aliphatic carbocycles. The summed E-state index contributed by atoms with van der Waals surface area (Å²) in [4.78, 5) is 0. The first-order valence-electron chi connectivity index (χ1n) is 5.38. The molecule has 0 aliphatic heterocycles. The fraction of sp³-hybridized carbons (Fsp3) is 0.500. The molecule has 16 heavy (non-hydrogen) atoms. The predicted octanol–water partition coefficient (Wildman–Crippen LogP) is 2.68. The Balaban J connectivity index is 2.64. The van der Waals surface area contributed by atoms with Crippen molar-refractivity contribution in [3.8, 4) is 5.75 Å². The smallest absolute Gasteiger partial charge is 0.124 e. The van der Waals surface area contributed by atoms with Crippen LogP contribution in [0.15, 0.2) is 18.2 Å². The van der Waals surface area contributed by atoms with E-state index < -0.39 is 0 Å². The van der Waals surface area contributed by atoms with E-state index in [2.05, 4.69) is 5.32 Å². The van der Waals surface area contributed by atoms with Crippen molar-refractivity contribution in [3.63, 3.8) is 0 Å². The molecule has 1 aromatic rings. The fourth-order valence-corrected chi connectivity index (χ4v) is 1.57. The van der Waals surface area contributed by atoms with Crippen LogP contribution >= 0.6 is 11.8 Å². The molecule has 0 unspecified atom stereocenters. The lowest BCUT2D eigenvalue weighted by Gasteiger charge is -2.11. The Morgan fingerprint density at radius 1 is 1.44 bits per heavy atom. The average Bonchev–Trinajstić information content (AvgIpc) is 2.29. The third-order valence-corrected chi connectivity index (χ3v) is 2.71. The van der Waals surface area contributed by atoms with E-state index in [9.17, 15) is 4.39 Å². The zero-order valence-electron chi connectivity index (χ0n) is 9.75. The molecule has 0 atom stereocenters. The van der Waals surface area contributed by atoms with Gasteiger partial charge >= 0.3 is 0 Å². The lowest BCUT2D eigenvalue weighted by molar-refractivity contribution is 0.338. The number of halogens is 1. The van der Waals surface area contributed by atoms with Crippen LogP contribution in [0.25, 0.3) is 0 Å². The van der Waals surface area contributed by atoms with Crippen LogP contribution in [-0.4, -0.2) is 25.2 Å². The quantitative estimate of drug-likeness (QED) is 0.744. The summed E-state index contributed by atoms with van der Waals surface area (Å²) in [5.74, 6) is 1.50. The molecule has 0 bridgehead atoms. The molecule has 90 valence electrons. The first-order chi connectivity index (χ1) is 7.77. The average molecular weight is 243 g/mol. The molecule has 0 amide bonds. The van der Waals surface area contributed by atoms with Gasteiger partial charge in [0, 0.05) is 17.9 Å². The Bertz CT molecular complexity index is 320. The van der Waals surface area contributed by atoms with Crippen molar-refractivity contribution in [1.29, 1.82) is 0 Å². The number of hydrogen-bond donors (Lipinski definition) is 1. The summed E-state index contributed by atoms with van der Waals surface area (Å²) < 4.78 is 18.7. The van der Waals surface area contributed by atoms with Crippen molar-refractivity contribution in [3.05, 3.63) is 29.6 Å². The summed E-state index contributed by atoms with van der Waals surface area (Å²) in [6.45, 7) is 4.18. The largest absolute Gasteiger partial charge is 0.492 e. The van der Waals surface area contributed by atoms with Gasteiger partial charge in [0.2, 0.25) is 0 Å². The van der Waals surface area contributed by atoms with Crippen LogP contribution in [0.4, 0.5) is 4.39 Å². The molecule has 0 radical (unpaired) electrons. The Labute approximate surface area is 101 Å². The van der Waals surface area contributed by atoms with E-state index >= 15 is 0 Å². The summed E-state index contributed by atoms with van der Waals surface area (Å²) in [5, 5.41) is 3.17. The highest BCUT2D eigenvalue weighted by atomic mass is 32.2. The molecule has 0 aliphatic rings. The van der Waals surface area contributed by atoms with Crippen molar-refractivity contribution >= 4 is 11.8 Å². The van der Waals surface area contributed by atoms with E-state index in [1.54, 1.807) is 17.8 Å². The SMILES string of the molecule is CCNCc1cc(F)ccc1OCCSC. The Hall–Kier alpha value is -0.740. The van der Waals surface area contributed by atoms with Crippen LogP contribution in [0.5, 0.6) is 5.75 Å². The van der Waals surface area contributed by atoms with Crippen LogP contribution in [0.3, 0.4) is 0 Å². The van der Waals surface area contributed by atoms with Gasteiger partial charge in [-0.2, -0.15) is 11.8 Å². The van der Waals surface area contributed by atoms with Crippen molar-refractivity contribution < 1.29 is 9.13 Å². The Morgan fingerprint density at radius 3 is 2.94 bits per heavy atom. The Morgan fingerprint density at radius 2 is 2.25 bits per heavy atom. The highest BCUT2D eigenvalue weighted by Crippen LogP contribution is 2.19. The predicted molar refractivity (Wildman–Crippen MR) is 67.7 cm³/mol. The minimum atomic E-state index is -0.217. The monoisotopic (exact) mass is 243 g/mol. The normalized spacial score (nSPS) is 10.4. The molecule has 0 aromatic heterocycles. The van der Waals surface area contributed by atoms with E-state index in [0.717, 1.165) is 23.6 Å². The zero-order valence-corrected chi connectivity index (χ0v) is 10.6. The highest BCUT2D eigenvalue weighted by molar-refractivity contribution is 7.98. The van der Waals surface area contributed by atoms with E-state index in [4.69, 9.17) is 4.74 Å². The summed E-state index contributed by atoms with van der Waals surface area (Å²) in [7, 11) is 0. The maximum absolute atomic E-state index is 13.1. The number of nitrogens with one attached hydrogen (secondary N) is 1. The van der Waals surface area contributed by atoms with Crippen LogP contribution < -0.4 is 10.1 Å². The molecule has 1 rings (SSSR count). The van der Waals surface area contributed by atoms with Crippen molar-refractivity contribution in [2.45, 2.75) is 13.5 Å². The van der Waals surface area contributed by atoms with Gasteiger partial charge in [-0.15, -0.1) is 0 Å². The molecule has 1 aromatic carbocycles. The number of hydrogen-bond acceptors (Lipinski definition) is 3. The Kier molecular flexibility index (Phi) is 6.26. The molecule has 0 fully saturated rings. The molecule has 1 N–H and O–H groups in total. The molecule has 0 spiro atoms. The molecule has 0 saturated carbocycles. The van der Waals surface area contributed by atoms with Crippen LogP contribution in [0.1, 0.15) is 12.5 Å². The van der Waals surface area contributed by atoms with Crippen molar-refractivity contribution in [1.82, 2.24) is 5.32 Å². The van der Waals surface area contributed by atoms with Crippen LogP contribution in [-0.2, 0) is 6.54 Å². The van der Waals surface area contributed by atoms with Gasteiger partial charge in [0.25, 0.3) is 0 Å². The number of thioether (sulfide) groups is 1. The lowest BCUT2D eigenvalue weighted by atomic mass is 10.2. The van der Waals surface area contributed by atoms with Gasteiger partial charge in [-0.05, 0) is 31.0 Å². The number of ether oxygens (including phenoxy) is 1. The second-order valence-corrected chi connectivity index (χ2v) is 4.36. The van der Waals surface area contributed by atoms with Gasteiger partial charge < -0.3 is 10.1 Å². The first-order valence-corrected chi connectivity index (χ1v) is 6.78. The minimum absolute atomic E-state index is 0.217. The van der Waals surface area contributed by atoms with Gasteiger partial charge in [0.05, 0.1) is 6.61 Å². The molecule has 2 nitrogen and oxygen atoms in total. The maximum atomic E-state index is 13.1. The summed E-state index contributed by atoms with van der Waals surface area (Å²) in [6.07, 6.45) is 2.04. The van der Waals surface area contributed by atoms with E-state index in [1.165, 1.54) is 12.1 Å². The van der Waals surface area contributed by atoms with Crippen LogP contribution in [0, 0.1) is 5.82 Å². The molecular weight excluding hydrogens is 225 g/mol. The standard InChI is InChI=1S/C12H18FNOS/c1-3-14-9-10-8-11(13)4-5-12(10)15-6-7-16-2/h4-5,8,14H,3,6-7,9H2,1-2H3. The summed E-state index contributed by atoms with van der Waals surface area (Å²) in [5.41, 5.74) is 0.878.